The van der Waals surface area contributed by atoms with Crippen molar-refractivity contribution in [2.24, 2.45) is 0 Å². The summed E-state index contributed by atoms with van der Waals surface area (Å²) in [4.78, 5) is 0. The van der Waals surface area contributed by atoms with Crippen molar-refractivity contribution < 1.29 is 27.6 Å². The molecular formula is C20H23O6P. The van der Waals surface area contributed by atoms with E-state index in [4.69, 9.17) is 23.0 Å². The van der Waals surface area contributed by atoms with Crippen LogP contribution in [0.4, 0.5) is 0 Å². The van der Waals surface area contributed by atoms with Crippen LogP contribution < -0.4 is 14.0 Å². The molecule has 0 atom stereocenters. The SMILES string of the molecule is CCOP(=O)(OCC)Oc1c2c(OC)cccc2cc2cccc(OC)c12. The molecule has 27 heavy (non-hydrogen) atoms. The molecule has 7 heteroatoms. The highest BCUT2D eigenvalue weighted by Gasteiger charge is 2.30. The van der Waals surface area contributed by atoms with Gasteiger partial charge in [0.1, 0.15) is 11.5 Å². The number of methoxy groups -OCH3 is 2. The number of hydrogen-bond donors (Lipinski definition) is 0. The van der Waals surface area contributed by atoms with Crippen molar-refractivity contribution in [3.05, 3.63) is 42.5 Å². The van der Waals surface area contributed by atoms with E-state index in [0.717, 1.165) is 10.8 Å². The Hall–Kier alpha value is -2.27. The second-order valence-electron chi connectivity index (χ2n) is 5.70. The van der Waals surface area contributed by atoms with Crippen LogP contribution in [0.5, 0.6) is 17.2 Å². The fraction of sp³-hybridized carbons (Fsp3) is 0.300. The topological polar surface area (TPSA) is 63.2 Å². The Labute approximate surface area is 158 Å². The van der Waals surface area contributed by atoms with Crippen LogP contribution in [0.15, 0.2) is 42.5 Å². The number of phosphoric acid groups is 1. The van der Waals surface area contributed by atoms with Crippen molar-refractivity contribution in [3.8, 4) is 17.2 Å². The van der Waals surface area contributed by atoms with E-state index < -0.39 is 7.82 Å². The summed E-state index contributed by atoms with van der Waals surface area (Å²) < 4.78 is 40.8. The van der Waals surface area contributed by atoms with Gasteiger partial charge in [-0.2, -0.15) is 0 Å². The highest BCUT2D eigenvalue weighted by Crippen LogP contribution is 2.54. The average molecular weight is 390 g/mol. The van der Waals surface area contributed by atoms with Crippen LogP contribution >= 0.6 is 7.82 Å². The van der Waals surface area contributed by atoms with E-state index in [1.165, 1.54) is 0 Å². The smallest absolute Gasteiger partial charge is 0.496 e. The van der Waals surface area contributed by atoms with Gasteiger partial charge in [0, 0.05) is 0 Å². The molecule has 0 heterocycles. The maximum absolute atomic E-state index is 13.1. The maximum Gasteiger partial charge on any atom is 0.530 e. The van der Waals surface area contributed by atoms with Crippen LogP contribution in [0.25, 0.3) is 21.5 Å². The lowest BCUT2D eigenvalue weighted by Gasteiger charge is -2.21. The fourth-order valence-corrected chi connectivity index (χ4v) is 4.28. The molecule has 3 aromatic rings. The average Bonchev–Trinajstić information content (AvgIpc) is 2.66. The zero-order chi connectivity index (χ0) is 19.4. The van der Waals surface area contributed by atoms with E-state index in [9.17, 15) is 4.57 Å². The first kappa shape index (κ1) is 19.5. The quantitative estimate of drug-likeness (QED) is 0.370. The van der Waals surface area contributed by atoms with Gasteiger partial charge in [-0.3, -0.25) is 9.05 Å². The third-order valence-corrected chi connectivity index (χ3v) is 5.65. The lowest BCUT2D eigenvalue weighted by molar-refractivity contribution is 0.168. The molecule has 144 valence electrons. The molecule has 0 radical (unpaired) electrons. The van der Waals surface area contributed by atoms with Gasteiger partial charge in [0.05, 0.1) is 38.2 Å². The summed E-state index contributed by atoms with van der Waals surface area (Å²) in [6, 6.07) is 13.3. The van der Waals surface area contributed by atoms with E-state index in [-0.39, 0.29) is 13.2 Å². The molecule has 0 aliphatic rings. The number of fused-ring (bicyclic) bond motifs is 2. The molecule has 0 saturated heterocycles. The minimum absolute atomic E-state index is 0.189. The molecule has 0 amide bonds. The molecule has 3 aromatic carbocycles. The van der Waals surface area contributed by atoms with Crippen molar-refractivity contribution in [1.29, 1.82) is 0 Å². The second kappa shape index (κ2) is 8.17. The molecule has 0 saturated carbocycles. The molecular weight excluding hydrogens is 367 g/mol. The minimum atomic E-state index is -3.82. The van der Waals surface area contributed by atoms with E-state index in [2.05, 4.69) is 0 Å². The number of hydrogen-bond acceptors (Lipinski definition) is 6. The molecule has 0 unspecified atom stereocenters. The third kappa shape index (κ3) is 3.74. The van der Waals surface area contributed by atoms with Crippen LogP contribution in [0.2, 0.25) is 0 Å². The molecule has 0 N–H and O–H groups in total. The largest absolute Gasteiger partial charge is 0.530 e. The molecule has 3 rings (SSSR count). The van der Waals surface area contributed by atoms with Gasteiger partial charge < -0.3 is 14.0 Å². The zero-order valence-electron chi connectivity index (χ0n) is 15.9. The van der Waals surface area contributed by atoms with Gasteiger partial charge in [0.2, 0.25) is 0 Å². The van der Waals surface area contributed by atoms with Crippen molar-refractivity contribution >= 4 is 29.4 Å². The first-order valence-corrected chi connectivity index (χ1v) is 10.2. The maximum atomic E-state index is 13.1. The van der Waals surface area contributed by atoms with E-state index in [1.807, 2.05) is 42.5 Å². The molecule has 0 spiro atoms. The first-order chi connectivity index (χ1) is 13.1. The van der Waals surface area contributed by atoms with Crippen molar-refractivity contribution in [2.45, 2.75) is 13.8 Å². The molecule has 6 nitrogen and oxygen atoms in total. The Balaban J connectivity index is 2.39. The predicted molar refractivity (Wildman–Crippen MR) is 106 cm³/mol. The summed E-state index contributed by atoms with van der Waals surface area (Å²) in [5.41, 5.74) is 0. The predicted octanol–water partition coefficient (Wildman–Crippen LogP) is 5.57. The molecule has 0 aromatic heterocycles. The Kier molecular flexibility index (Phi) is 5.90. The number of ether oxygens (including phenoxy) is 2. The van der Waals surface area contributed by atoms with Crippen molar-refractivity contribution in [3.63, 3.8) is 0 Å². The van der Waals surface area contributed by atoms with Gasteiger partial charge in [0.15, 0.2) is 5.75 Å². The lowest BCUT2D eigenvalue weighted by atomic mass is 10.0. The van der Waals surface area contributed by atoms with Gasteiger partial charge in [0.25, 0.3) is 0 Å². The van der Waals surface area contributed by atoms with E-state index >= 15 is 0 Å². The van der Waals surface area contributed by atoms with E-state index in [1.54, 1.807) is 28.1 Å². The minimum Gasteiger partial charge on any atom is -0.496 e. The van der Waals surface area contributed by atoms with Gasteiger partial charge in [-0.1, -0.05) is 24.3 Å². The molecule has 0 bridgehead atoms. The standard InChI is InChI=1S/C20H23O6P/c1-5-24-27(21,25-6-2)26-20-18-14(9-7-11-16(18)22-3)13-15-10-8-12-17(23-4)19(15)20/h7-13H,5-6H2,1-4H3. The molecule has 0 fully saturated rings. The van der Waals surface area contributed by atoms with Gasteiger partial charge in [-0.15, -0.1) is 0 Å². The summed E-state index contributed by atoms with van der Waals surface area (Å²) in [5, 5.41) is 3.11. The number of rotatable bonds is 8. The van der Waals surface area contributed by atoms with Crippen LogP contribution in [-0.2, 0) is 13.6 Å². The normalized spacial score (nSPS) is 11.7. The third-order valence-electron chi connectivity index (χ3n) is 4.10. The second-order valence-corrected chi connectivity index (χ2v) is 7.29. The fourth-order valence-electron chi connectivity index (χ4n) is 3.06. The summed E-state index contributed by atoms with van der Waals surface area (Å²) in [5.74, 6) is 1.53. The number of benzene rings is 3. The van der Waals surface area contributed by atoms with Gasteiger partial charge >= 0.3 is 7.82 Å². The van der Waals surface area contributed by atoms with Crippen molar-refractivity contribution in [2.75, 3.05) is 27.4 Å². The van der Waals surface area contributed by atoms with Crippen LogP contribution in [0, 0.1) is 0 Å². The Morgan fingerprint density at radius 3 is 1.70 bits per heavy atom. The molecule has 0 aliphatic heterocycles. The summed E-state index contributed by atoms with van der Waals surface area (Å²) in [7, 11) is -0.664. The zero-order valence-corrected chi connectivity index (χ0v) is 16.7. The molecule has 0 aliphatic carbocycles. The first-order valence-electron chi connectivity index (χ1n) is 8.72. The van der Waals surface area contributed by atoms with Gasteiger partial charge in [-0.25, -0.2) is 4.57 Å². The Morgan fingerprint density at radius 2 is 1.30 bits per heavy atom. The van der Waals surface area contributed by atoms with Crippen LogP contribution in [0.1, 0.15) is 13.8 Å². The summed E-state index contributed by atoms with van der Waals surface area (Å²) in [6.07, 6.45) is 0. The number of phosphoric ester groups is 1. The summed E-state index contributed by atoms with van der Waals surface area (Å²) >= 11 is 0. The lowest BCUT2D eigenvalue weighted by Crippen LogP contribution is -2.04. The van der Waals surface area contributed by atoms with E-state index in [0.29, 0.717) is 28.0 Å². The highest BCUT2D eigenvalue weighted by molar-refractivity contribution is 7.49. The Bertz CT molecular complexity index is 929. The summed E-state index contributed by atoms with van der Waals surface area (Å²) in [6.45, 7) is 3.84. The van der Waals surface area contributed by atoms with Crippen molar-refractivity contribution in [1.82, 2.24) is 0 Å². The van der Waals surface area contributed by atoms with Gasteiger partial charge in [-0.05, 0) is 42.8 Å². The van der Waals surface area contributed by atoms with Crippen LogP contribution in [0.3, 0.4) is 0 Å². The highest BCUT2D eigenvalue weighted by atomic mass is 31.2. The Morgan fingerprint density at radius 1 is 0.815 bits per heavy atom. The van der Waals surface area contributed by atoms with Crippen LogP contribution in [-0.4, -0.2) is 27.4 Å². The monoisotopic (exact) mass is 390 g/mol.